The number of rotatable bonds is 19. The van der Waals surface area contributed by atoms with Crippen LogP contribution in [0.3, 0.4) is 0 Å². The Morgan fingerprint density at radius 1 is 0.890 bits per heavy atom. The molecule has 1 unspecified atom stereocenters. The summed E-state index contributed by atoms with van der Waals surface area (Å²) < 4.78 is 18.0. The minimum Gasteiger partial charge on any atom is -0.494 e. The maximum absolute atomic E-state index is 14.0. The van der Waals surface area contributed by atoms with Gasteiger partial charge in [0.25, 0.3) is 5.91 Å². The van der Waals surface area contributed by atoms with Crippen molar-refractivity contribution in [3.05, 3.63) is 124 Å². The van der Waals surface area contributed by atoms with Gasteiger partial charge in [-0.25, -0.2) is 4.98 Å². The lowest BCUT2D eigenvalue weighted by Crippen LogP contribution is -2.74. The lowest BCUT2D eigenvalue weighted by atomic mass is 9.49. The molecule has 73 heavy (non-hydrogen) atoms. The summed E-state index contributed by atoms with van der Waals surface area (Å²) in [6, 6.07) is 27.1. The van der Waals surface area contributed by atoms with Crippen LogP contribution >= 0.6 is 22.9 Å². The topological polar surface area (TPSA) is 212 Å². The van der Waals surface area contributed by atoms with Crippen molar-refractivity contribution >= 4 is 46.6 Å². The molecule has 2 heterocycles. The van der Waals surface area contributed by atoms with E-state index in [4.69, 9.17) is 25.8 Å². The molecule has 0 spiro atoms. The zero-order valence-electron chi connectivity index (χ0n) is 42.5. The van der Waals surface area contributed by atoms with E-state index in [0.717, 1.165) is 27.3 Å². The molecule has 1 saturated heterocycles. The minimum absolute atomic E-state index is 0.0200. The maximum atomic E-state index is 14.0. The number of hydrogen-bond donors (Lipinski definition) is 5. The molecule has 0 radical (unpaired) electrons. The van der Waals surface area contributed by atoms with Crippen molar-refractivity contribution < 1.29 is 43.6 Å². The summed E-state index contributed by atoms with van der Waals surface area (Å²) in [5.41, 5.74) is 5.35. The van der Waals surface area contributed by atoms with E-state index in [1.165, 1.54) is 16.2 Å². The first kappa shape index (κ1) is 54.4. The van der Waals surface area contributed by atoms with Crippen LogP contribution in [0.15, 0.2) is 96.5 Å². The summed E-state index contributed by atoms with van der Waals surface area (Å²) in [4.78, 5) is 60.7. The molecule has 1 saturated carbocycles. The van der Waals surface area contributed by atoms with Crippen molar-refractivity contribution in [2.75, 3.05) is 26.4 Å². The number of carbonyl (C=O) groups is 4. The molecule has 4 atom stereocenters. The number of unbranched alkanes of at least 4 members (excludes halogenated alkanes) is 1. The van der Waals surface area contributed by atoms with E-state index in [2.05, 4.69) is 54.7 Å². The van der Waals surface area contributed by atoms with Crippen molar-refractivity contribution in [2.45, 2.75) is 111 Å². The Labute approximate surface area is 436 Å². The first-order valence-electron chi connectivity index (χ1n) is 24.4. The van der Waals surface area contributed by atoms with Gasteiger partial charge in [-0.3, -0.25) is 19.2 Å². The number of amides is 4. The number of halogens is 1. The summed E-state index contributed by atoms with van der Waals surface area (Å²) in [6.45, 7) is 15.9. The van der Waals surface area contributed by atoms with E-state index < -0.39 is 47.6 Å². The number of aryl methyl sites for hydroxylation is 1. The van der Waals surface area contributed by atoms with Gasteiger partial charge in [0.15, 0.2) is 6.23 Å². The summed E-state index contributed by atoms with van der Waals surface area (Å²) >= 11 is 7.76. The highest BCUT2D eigenvalue weighted by Crippen LogP contribution is 2.55. The molecule has 2 fully saturated rings. The van der Waals surface area contributed by atoms with Crippen LogP contribution in [-0.2, 0) is 19.1 Å². The third-order valence-electron chi connectivity index (χ3n) is 13.7. The SMILES string of the molecule is Cc1ncsc1-c1ccc([C@H](O)NC(=O)[C@H]2C[C@@H](O)CN2C(=O)C(NC(=O)COCCCCOc2ccc(-c3ccc(C(=O)N[C@H]4C(C)(C)[C@H](Oc5ccc(C#N)c(Cl)c5)C4(C)C)cc3)cc2)C(C)(C)C)cc1. The summed E-state index contributed by atoms with van der Waals surface area (Å²) in [5.74, 6) is -0.538. The van der Waals surface area contributed by atoms with Crippen LogP contribution in [0, 0.1) is 34.5 Å². The van der Waals surface area contributed by atoms with Crippen LogP contribution in [0.4, 0.5) is 0 Å². The average Bonchev–Trinajstić information content (AvgIpc) is 3.98. The molecule has 15 nitrogen and oxygen atoms in total. The molecule has 2 aliphatic rings. The number of β-amino-alcohol motifs (C(OH)–C–C–N with tert-alkyl or cyclic N) is 1. The summed E-state index contributed by atoms with van der Waals surface area (Å²) in [5, 5.41) is 39.7. The highest BCUT2D eigenvalue weighted by atomic mass is 35.5. The van der Waals surface area contributed by atoms with Crippen LogP contribution in [0.2, 0.25) is 5.02 Å². The fourth-order valence-corrected chi connectivity index (χ4v) is 11.1. The van der Waals surface area contributed by atoms with Crippen LogP contribution in [0.25, 0.3) is 21.6 Å². The highest BCUT2D eigenvalue weighted by molar-refractivity contribution is 7.13. The Kier molecular flexibility index (Phi) is 17.0. The smallest absolute Gasteiger partial charge is 0.251 e. The maximum Gasteiger partial charge on any atom is 0.251 e. The van der Waals surface area contributed by atoms with Gasteiger partial charge in [0.1, 0.15) is 42.4 Å². The van der Waals surface area contributed by atoms with Gasteiger partial charge in [-0.05, 0) is 78.3 Å². The Hall–Kier alpha value is -6.35. The van der Waals surface area contributed by atoms with Crippen LogP contribution < -0.4 is 25.4 Å². The van der Waals surface area contributed by atoms with E-state index in [0.29, 0.717) is 52.7 Å². The number of aliphatic hydroxyl groups is 2. The van der Waals surface area contributed by atoms with E-state index >= 15 is 0 Å². The largest absolute Gasteiger partial charge is 0.494 e. The number of benzene rings is 4. The second kappa shape index (κ2) is 22.8. The van der Waals surface area contributed by atoms with E-state index in [1.807, 2.05) is 67.6 Å². The minimum atomic E-state index is -1.35. The van der Waals surface area contributed by atoms with Gasteiger partial charge in [-0.15, -0.1) is 11.3 Å². The number of hydrogen-bond acceptors (Lipinski definition) is 12. The molecule has 386 valence electrons. The second-order valence-electron chi connectivity index (χ2n) is 21.1. The number of thiazole rings is 1. The number of nitriles is 1. The zero-order valence-corrected chi connectivity index (χ0v) is 44.1. The van der Waals surface area contributed by atoms with Gasteiger partial charge >= 0.3 is 0 Å². The van der Waals surface area contributed by atoms with E-state index in [9.17, 15) is 34.7 Å². The molecule has 1 aliphatic carbocycles. The van der Waals surface area contributed by atoms with Gasteiger partial charge in [0.05, 0.1) is 39.4 Å². The Morgan fingerprint density at radius 3 is 2.11 bits per heavy atom. The quantitative estimate of drug-likeness (QED) is 0.0391. The van der Waals surface area contributed by atoms with Gasteiger partial charge in [-0.1, -0.05) is 109 Å². The van der Waals surface area contributed by atoms with Crippen LogP contribution in [-0.4, -0.2) is 100 Å². The number of likely N-dealkylation sites (tertiary alicyclic amines) is 1. The molecule has 4 amide bonds. The molecular formula is C56H65ClN6O9S. The molecule has 7 rings (SSSR count). The van der Waals surface area contributed by atoms with Crippen molar-refractivity contribution in [3.63, 3.8) is 0 Å². The third-order valence-corrected chi connectivity index (χ3v) is 15.0. The van der Waals surface area contributed by atoms with Gasteiger partial charge in [0, 0.05) is 53.6 Å². The lowest BCUT2D eigenvalue weighted by molar-refractivity contribution is -0.164. The molecule has 0 bridgehead atoms. The molecule has 4 aromatic carbocycles. The van der Waals surface area contributed by atoms with Crippen molar-refractivity contribution in [1.82, 2.24) is 25.8 Å². The highest BCUT2D eigenvalue weighted by Gasteiger charge is 2.64. The van der Waals surface area contributed by atoms with Crippen molar-refractivity contribution in [3.8, 4) is 39.1 Å². The Morgan fingerprint density at radius 2 is 1.51 bits per heavy atom. The molecule has 5 N–H and O–H groups in total. The Balaban J connectivity index is 0.812. The first-order valence-corrected chi connectivity index (χ1v) is 25.7. The standard InChI is InChI=1S/C56H65ClN6O9S/c1-33-46(73-32-59-33)36-13-17-37(18-14-36)48(66)61-50(68)44-27-40(64)30-63(44)51(69)47(54(2,3)4)60-45(65)31-70-25-9-10-26-71-41-22-19-35(20-23-41)34-11-15-38(16-12-34)49(67)62-52-55(5,6)53(56(52,7)8)72-42-24-21-39(29-58)43(57)28-42/h11-24,28,32,40,44,47-48,52-53,64,66H,9-10,25-27,30-31H2,1-8H3,(H,60,65)(H,61,68)(H,62,67)/t40-,44-,47?,48+,52-,53-/m1/s1. The van der Waals surface area contributed by atoms with Gasteiger partial charge in [0.2, 0.25) is 17.7 Å². The van der Waals surface area contributed by atoms with E-state index in [-0.39, 0.29) is 55.1 Å². The molecular weight excluding hydrogens is 968 g/mol. The molecule has 17 heteroatoms. The first-order chi connectivity index (χ1) is 34.6. The summed E-state index contributed by atoms with van der Waals surface area (Å²) in [7, 11) is 0. The fraction of sp³-hybridized carbons (Fsp3) is 0.429. The molecule has 1 aromatic heterocycles. The Bertz CT molecular complexity index is 2790. The molecule has 5 aromatic rings. The van der Waals surface area contributed by atoms with Crippen LogP contribution in [0.5, 0.6) is 11.5 Å². The average molecular weight is 1030 g/mol. The van der Waals surface area contributed by atoms with Crippen molar-refractivity contribution in [1.29, 1.82) is 5.26 Å². The van der Waals surface area contributed by atoms with Crippen LogP contribution in [0.1, 0.15) is 101 Å². The normalized spacial score (nSPS) is 19.7. The third kappa shape index (κ3) is 12.7. The predicted molar refractivity (Wildman–Crippen MR) is 280 cm³/mol. The number of nitrogens with zero attached hydrogens (tertiary/aromatic N) is 3. The van der Waals surface area contributed by atoms with E-state index in [1.54, 1.807) is 56.6 Å². The van der Waals surface area contributed by atoms with Crippen molar-refractivity contribution in [2.24, 2.45) is 16.2 Å². The zero-order chi connectivity index (χ0) is 52.8. The second-order valence-corrected chi connectivity index (χ2v) is 22.3. The number of carbonyl (C=O) groups excluding carboxylic acids is 4. The number of aliphatic hydroxyl groups excluding tert-OH is 2. The number of aromatic nitrogens is 1. The summed E-state index contributed by atoms with van der Waals surface area (Å²) in [6.07, 6.45) is -1.26. The monoisotopic (exact) mass is 1030 g/mol. The number of nitrogens with one attached hydrogen (secondary N) is 3. The number of ether oxygens (including phenoxy) is 3. The van der Waals surface area contributed by atoms with Gasteiger partial charge in [-0.2, -0.15) is 5.26 Å². The van der Waals surface area contributed by atoms with Gasteiger partial charge < -0.3 is 45.3 Å². The molecule has 1 aliphatic heterocycles. The fourth-order valence-electron chi connectivity index (χ4n) is 10.1. The lowest BCUT2D eigenvalue weighted by Gasteiger charge is -2.63. The predicted octanol–water partition coefficient (Wildman–Crippen LogP) is 8.40.